The number of carbonyl (C=O) groups is 1. The zero-order chi connectivity index (χ0) is 22.0. The lowest BCUT2D eigenvalue weighted by atomic mass is 9.95. The molecule has 4 rings (SSSR count). The minimum atomic E-state index is -0.446. The molecule has 1 aromatic heterocycles. The van der Waals surface area contributed by atoms with Crippen LogP contribution in [0.25, 0.3) is 11.1 Å². The van der Waals surface area contributed by atoms with E-state index in [0.29, 0.717) is 11.5 Å². The first-order valence-corrected chi connectivity index (χ1v) is 10.3. The first-order chi connectivity index (χ1) is 14.9. The van der Waals surface area contributed by atoms with Gasteiger partial charge in [0.1, 0.15) is 5.82 Å². The van der Waals surface area contributed by atoms with Crippen LogP contribution in [0.4, 0.5) is 10.3 Å². The van der Waals surface area contributed by atoms with Crippen LogP contribution >= 0.6 is 0 Å². The number of nitrogens with zero attached hydrogens (tertiary/aromatic N) is 4. The summed E-state index contributed by atoms with van der Waals surface area (Å²) in [5.41, 5.74) is 9.88. The molecule has 2 heterocycles. The van der Waals surface area contributed by atoms with Crippen LogP contribution in [-0.4, -0.2) is 48.0 Å². The zero-order valence-corrected chi connectivity index (χ0v) is 17.8. The zero-order valence-electron chi connectivity index (χ0n) is 17.8. The average Bonchev–Trinajstić information content (AvgIpc) is 3.23. The normalized spacial score (nSPS) is 16.4. The SMILES string of the molecule is CN(C)c1ncc(-c2ccc(C(N)=O)cc2)c(C2CCN(Cc3ccc(F)cc3)C2)n1. The molecule has 31 heavy (non-hydrogen) atoms. The van der Waals surface area contributed by atoms with Crippen LogP contribution in [0.2, 0.25) is 0 Å². The third kappa shape index (κ3) is 4.72. The van der Waals surface area contributed by atoms with Gasteiger partial charge >= 0.3 is 0 Å². The second-order valence-corrected chi connectivity index (χ2v) is 8.15. The topological polar surface area (TPSA) is 75.4 Å². The van der Waals surface area contributed by atoms with Crippen LogP contribution in [0.3, 0.4) is 0 Å². The number of hydrogen-bond donors (Lipinski definition) is 1. The molecule has 1 aliphatic rings. The van der Waals surface area contributed by atoms with E-state index in [9.17, 15) is 9.18 Å². The molecule has 0 spiro atoms. The van der Waals surface area contributed by atoms with E-state index in [1.165, 1.54) is 12.1 Å². The van der Waals surface area contributed by atoms with Crippen molar-refractivity contribution in [2.45, 2.75) is 18.9 Å². The number of rotatable bonds is 6. The average molecular weight is 420 g/mol. The highest BCUT2D eigenvalue weighted by Gasteiger charge is 2.28. The number of likely N-dealkylation sites (tertiary alicyclic amines) is 1. The minimum Gasteiger partial charge on any atom is -0.366 e. The highest BCUT2D eigenvalue weighted by atomic mass is 19.1. The van der Waals surface area contributed by atoms with Crippen molar-refractivity contribution >= 4 is 11.9 Å². The summed E-state index contributed by atoms with van der Waals surface area (Å²) < 4.78 is 13.2. The van der Waals surface area contributed by atoms with E-state index < -0.39 is 5.91 Å². The van der Waals surface area contributed by atoms with E-state index in [1.54, 1.807) is 12.1 Å². The summed E-state index contributed by atoms with van der Waals surface area (Å²) in [4.78, 5) is 25.1. The van der Waals surface area contributed by atoms with Crippen LogP contribution in [0.15, 0.2) is 54.7 Å². The number of nitrogens with two attached hydrogens (primary N) is 1. The Morgan fingerprint density at radius 2 is 1.87 bits per heavy atom. The van der Waals surface area contributed by atoms with Gasteiger partial charge in [-0.3, -0.25) is 9.69 Å². The maximum atomic E-state index is 13.2. The van der Waals surface area contributed by atoms with Gasteiger partial charge in [-0.1, -0.05) is 24.3 Å². The van der Waals surface area contributed by atoms with Gasteiger partial charge in [0.2, 0.25) is 11.9 Å². The molecule has 1 unspecified atom stereocenters. The Kier molecular flexibility index (Phi) is 5.95. The molecule has 2 N–H and O–H groups in total. The summed E-state index contributed by atoms with van der Waals surface area (Å²) in [5.74, 6) is 0.267. The molecular formula is C24H26FN5O. The Morgan fingerprint density at radius 1 is 1.16 bits per heavy atom. The van der Waals surface area contributed by atoms with Crippen molar-refractivity contribution in [3.05, 3.63) is 77.4 Å². The van der Waals surface area contributed by atoms with Crippen LogP contribution in [0, 0.1) is 5.82 Å². The number of anilines is 1. The molecule has 0 saturated carbocycles. The molecule has 2 aromatic carbocycles. The summed E-state index contributed by atoms with van der Waals surface area (Å²) in [6, 6.07) is 13.9. The van der Waals surface area contributed by atoms with Crippen LogP contribution in [0.1, 0.15) is 34.0 Å². The van der Waals surface area contributed by atoms with Gasteiger partial charge in [0, 0.05) is 50.4 Å². The smallest absolute Gasteiger partial charge is 0.248 e. The predicted octanol–water partition coefficient (Wildman–Crippen LogP) is 3.44. The summed E-state index contributed by atoms with van der Waals surface area (Å²) in [6.45, 7) is 2.60. The largest absolute Gasteiger partial charge is 0.366 e. The van der Waals surface area contributed by atoms with Crippen LogP contribution in [-0.2, 0) is 6.54 Å². The molecule has 1 aliphatic heterocycles. The molecule has 1 saturated heterocycles. The second-order valence-electron chi connectivity index (χ2n) is 8.15. The predicted molar refractivity (Wildman–Crippen MR) is 119 cm³/mol. The number of aromatic nitrogens is 2. The Labute approximate surface area is 181 Å². The third-order valence-corrected chi connectivity index (χ3v) is 5.66. The summed E-state index contributed by atoms with van der Waals surface area (Å²) in [5, 5.41) is 0. The lowest BCUT2D eigenvalue weighted by Crippen LogP contribution is -2.20. The van der Waals surface area contributed by atoms with E-state index in [0.717, 1.165) is 48.4 Å². The fourth-order valence-corrected chi connectivity index (χ4v) is 4.00. The first kappa shape index (κ1) is 20.9. The third-order valence-electron chi connectivity index (χ3n) is 5.66. The monoisotopic (exact) mass is 419 g/mol. The Balaban J connectivity index is 1.60. The summed E-state index contributed by atoms with van der Waals surface area (Å²) in [7, 11) is 3.85. The van der Waals surface area contributed by atoms with Gasteiger partial charge in [-0.25, -0.2) is 14.4 Å². The molecule has 1 fully saturated rings. The van der Waals surface area contributed by atoms with Gasteiger partial charge < -0.3 is 10.6 Å². The molecule has 1 atom stereocenters. The van der Waals surface area contributed by atoms with Crippen LogP contribution in [0.5, 0.6) is 0 Å². The van der Waals surface area contributed by atoms with Crippen molar-refractivity contribution in [1.82, 2.24) is 14.9 Å². The molecule has 0 bridgehead atoms. The Hall–Kier alpha value is -3.32. The van der Waals surface area contributed by atoms with Gasteiger partial charge in [0.05, 0.1) is 5.69 Å². The molecule has 1 amide bonds. The van der Waals surface area contributed by atoms with Gasteiger partial charge in [0.15, 0.2) is 0 Å². The lowest BCUT2D eigenvalue weighted by Gasteiger charge is -2.19. The van der Waals surface area contributed by atoms with E-state index in [1.807, 2.05) is 49.5 Å². The molecule has 160 valence electrons. The van der Waals surface area contributed by atoms with Gasteiger partial charge in [-0.15, -0.1) is 0 Å². The fourth-order valence-electron chi connectivity index (χ4n) is 4.00. The standard InChI is InChI=1S/C24H26FN5O/c1-29(2)24-27-13-21(17-5-7-18(8-6-17)23(26)31)22(28-24)19-11-12-30(15-19)14-16-3-9-20(25)10-4-16/h3-10,13,19H,11-12,14-15H2,1-2H3,(H2,26,31). The molecule has 0 radical (unpaired) electrons. The van der Waals surface area contributed by atoms with Gasteiger partial charge in [-0.05, 0) is 48.4 Å². The van der Waals surface area contributed by atoms with Gasteiger partial charge in [0.25, 0.3) is 0 Å². The van der Waals surface area contributed by atoms with Crippen LogP contribution < -0.4 is 10.6 Å². The van der Waals surface area contributed by atoms with Crippen molar-refractivity contribution in [2.75, 3.05) is 32.1 Å². The van der Waals surface area contributed by atoms with Gasteiger partial charge in [-0.2, -0.15) is 0 Å². The Morgan fingerprint density at radius 3 is 2.52 bits per heavy atom. The molecule has 0 aliphatic carbocycles. The van der Waals surface area contributed by atoms with E-state index >= 15 is 0 Å². The summed E-state index contributed by atoms with van der Waals surface area (Å²) >= 11 is 0. The maximum Gasteiger partial charge on any atom is 0.248 e. The Bertz CT molecular complexity index is 1070. The second kappa shape index (κ2) is 8.81. The van der Waals surface area contributed by atoms with E-state index in [4.69, 9.17) is 10.7 Å². The number of hydrogen-bond acceptors (Lipinski definition) is 5. The highest BCUT2D eigenvalue weighted by Crippen LogP contribution is 2.34. The quantitative estimate of drug-likeness (QED) is 0.663. The van der Waals surface area contributed by atoms with E-state index in [2.05, 4.69) is 9.88 Å². The number of carbonyl (C=O) groups excluding carboxylic acids is 1. The maximum absolute atomic E-state index is 13.2. The number of amides is 1. The molecule has 7 heteroatoms. The van der Waals surface area contributed by atoms with E-state index in [-0.39, 0.29) is 11.7 Å². The van der Waals surface area contributed by atoms with Crippen molar-refractivity contribution < 1.29 is 9.18 Å². The molecular weight excluding hydrogens is 393 g/mol. The fraction of sp³-hybridized carbons (Fsp3) is 0.292. The highest BCUT2D eigenvalue weighted by molar-refractivity contribution is 5.93. The van der Waals surface area contributed by atoms with Crippen molar-refractivity contribution in [2.24, 2.45) is 5.73 Å². The number of benzene rings is 2. The first-order valence-electron chi connectivity index (χ1n) is 10.3. The number of primary amides is 1. The lowest BCUT2D eigenvalue weighted by molar-refractivity contribution is 0.100. The summed E-state index contributed by atoms with van der Waals surface area (Å²) in [6.07, 6.45) is 2.84. The minimum absolute atomic E-state index is 0.216. The molecule has 3 aromatic rings. The van der Waals surface area contributed by atoms with Crippen molar-refractivity contribution in [3.8, 4) is 11.1 Å². The van der Waals surface area contributed by atoms with Crippen molar-refractivity contribution in [3.63, 3.8) is 0 Å². The molecule has 6 nitrogen and oxygen atoms in total. The number of halogens is 1. The van der Waals surface area contributed by atoms with Crippen molar-refractivity contribution in [1.29, 1.82) is 0 Å².